The second-order valence-corrected chi connectivity index (χ2v) is 4.79. The second kappa shape index (κ2) is 5.60. The van der Waals surface area contributed by atoms with Crippen molar-refractivity contribution in [2.75, 3.05) is 7.11 Å². The molecule has 0 aromatic heterocycles. The van der Waals surface area contributed by atoms with Crippen LogP contribution in [0.25, 0.3) is 0 Å². The van der Waals surface area contributed by atoms with E-state index in [0.29, 0.717) is 10.8 Å². The Balaban J connectivity index is 2.34. The van der Waals surface area contributed by atoms with Crippen molar-refractivity contribution >= 4 is 34.2 Å². The Labute approximate surface area is 119 Å². The lowest BCUT2D eigenvalue weighted by Crippen LogP contribution is -1.92. The zero-order chi connectivity index (χ0) is 12.3. The molecular weight excluding hydrogens is 350 g/mol. The molecule has 0 aliphatic carbocycles. The molecule has 0 saturated carbocycles. The molecule has 17 heavy (non-hydrogen) atoms. The van der Waals surface area contributed by atoms with E-state index >= 15 is 0 Å². The van der Waals surface area contributed by atoms with Crippen LogP contribution in [0.15, 0.2) is 42.5 Å². The van der Waals surface area contributed by atoms with Gasteiger partial charge in [0.15, 0.2) is 0 Å². The van der Waals surface area contributed by atoms with Crippen molar-refractivity contribution in [1.29, 1.82) is 0 Å². The molecule has 0 aliphatic rings. The van der Waals surface area contributed by atoms with Gasteiger partial charge < -0.3 is 9.47 Å². The minimum Gasteiger partial charge on any atom is -0.496 e. The van der Waals surface area contributed by atoms with Gasteiger partial charge in [-0.2, -0.15) is 0 Å². The number of ether oxygens (including phenoxy) is 2. The lowest BCUT2D eigenvalue weighted by atomic mass is 10.3. The van der Waals surface area contributed by atoms with Crippen LogP contribution in [0.1, 0.15) is 0 Å². The highest BCUT2D eigenvalue weighted by atomic mass is 127. The predicted molar refractivity (Wildman–Crippen MR) is 77.2 cm³/mol. The van der Waals surface area contributed by atoms with Crippen LogP contribution in [0, 0.1) is 3.57 Å². The molecule has 0 N–H and O–H groups in total. The standard InChI is InChI=1S/C13H10ClIO2/c1-16-11-7-4-8-12(13(11)15)17-10-6-3-2-5-9(10)14/h2-8H,1H3. The van der Waals surface area contributed by atoms with Crippen molar-refractivity contribution < 1.29 is 9.47 Å². The smallest absolute Gasteiger partial charge is 0.146 e. The first-order chi connectivity index (χ1) is 8.22. The molecule has 2 rings (SSSR count). The van der Waals surface area contributed by atoms with E-state index < -0.39 is 0 Å². The summed E-state index contributed by atoms with van der Waals surface area (Å²) < 4.78 is 11.9. The molecule has 0 fully saturated rings. The third-order valence-corrected chi connectivity index (χ3v) is 3.58. The maximum absolute atomic E-state index is 6.04. The highest BCUT2D eigenvalue weighted by molar-refractivity contribution is 14.1. The number of hydrogen-bond donors (Lipinski definition) is 0. The molecule has 0 unspecified atom stereocenters. The SMILES string of the molecule is COc1cccc(Oc2ccccc2Cl)c1I. The Morgan fingerprint density at radius 3 is 2.29 bits per heavy atom. The molecule has 0 amide bonds. The highest BCUT2D eigenvalue weighted by Gasteiger charge is 2.09. The van der Waals surface area contributed by atoms with Crippen LogP contribution in [0.2, 0.25) is 5.02 Å². The van der Waals surface area contributed by atoms with E-state index in [9.17, 15) is 0 Å². The van der Waals surface area contributed by atoms with Crippen molar-refractivity contribution in [3.63, 3.8) is 0 Å². The van der Waals surface area contributed by atoms with Crippen molar-refractivity contribution in [3.05, 3.63) is 51.1 Å². The molecule has 2 aromatic rings. The van der Waals surface area contributed by atoms with E-state index in [0.717, 1.165) is 15.1 Å². The Hall–Kier alpha value is -0.940. The summed E-state index contributed by atoms with van der Waals surface area (Å²) in [5, 5.41) is 0.589. The zero-order valence-corrected chi connectivity index (χ0v) is 12.0. The maximum atomic E-state index is 6.04. The number of hydrogen-bond acceptors (Lipinski definition) is 2. The predicted octanol–water partition coefficient (Wildman–Crippen LogP) is 4.75. The van der Waals surface area contributed by atoms with Gasteiger partial charge >= 0.3 is 0 Å². The third kappa shape index (κ3) is 2.84. The van der Waals surface area contributed by atoms with E-state index in [1.165, 1.54) is 0 Å². The quantitative estimate of drug-likeness (QED) is 0.736. The van der Waals surface area contributed by atoms with E-state index in [-0.39, 0.29) is 0 Å². The number of benzene rings is 2. The van der Waals surface area contributed by atoms with Gasteiger partial charge in [0.1, 0.15) is 17.2 Å². The summed E-state index contributed by atoms with van der Waals surface area (Å²) in [6.45, 7) is 0. The topological polar surface area (TPSA) is 18.5 Å². The average molecular weight is 361 g/mol. The van der Waals surface area contributed by atoms with Crippen molar-refractivity contribution in [2.24, 2.45) is 0 Å². The maximum Gasteiger partial charge on any atom is 0.146 e. The van der Waals surface area contributed by atoms with Gasteiger partial charge in [0.2, 0.25) is 0 Å². The van der Waals surface area contributed by atoms with Gasteiger partial charge in [0.05, 0.1) is 15.7 Å². The second-order valence-electron chi connectivity index (χ2n) is 3.30. The fourth-order valence-corrected chi connectivity index (χ4v) is 2.24. The first kappa shape index (κ1) is 12.5. The molecule has 0 bridgehead atoms. The molecule has 88 valence electrons. The van der Waals surface area contributed by atoms with Crippen LogP contribution in [0.3, 0.4) is 0 Å². The van der Waals surface area contributed by atoms with Crippen molar-refractivity contribution in [3.8, 4) is 17.2 Å². The number of rotatable bonds is 3. The largest absolute Gasteiger partial charge is 0.496 e. The molecule has 2 nitrogen and oxygen atoms in total. The summed E-state index contributed by atoms with van der Waals surface area (Å²) in [4.78, 5) is 0. The number of para-hydroxylation sites is 1. The van der Waals surface area contributed by atoms with Crippen molar-refractivity contribution in [2.45, 2.75) is 0 Å². The van der Waals surface area contributed by atoms with Gasteiger partial charge in [-0.15, -0.1) is 0 Å². The van der Waals surface area contributed by atoms with Gasteiger partial charge in [-0.3, -0.25) is 0 Å². The number of halogens is 2. The summed E-state index contributed by atoms with van der Waals surface area (Å²) in [5.74, 6) is 2.16. The number of methoxy groups -OCH3 is 1. The van der Waals surface area contributed by atoms with Gasteiger partial charge in [-0.25, -0.2) is 0 Å². The molecule has 0 spiro atoms. The van der Waals surface area contributed by atoms with E-state index in [2.05, 4.69) is 22.6 Å². The zero-order valence-electron chi connectivity index (χ0n) is 9.11. The Morgan fingerprint density at radius 2 is 1.59 bits per heavy atom. The van der Waals surface area contributed by atoms with Crippen LogP contribution in [-0.4, -0.2) is 7.11 Å². The Kier molecular flexibility index (Phi) is 4.12. The molecule has 0 atom stereocenters. The summed E-state index contributed by atoms with van der Waals surface area (Å²) >= 11 is 8.23. The van der Waals surface area contributed by atoms with Crippen LogP contribution in [-0.2, 0) is 0 Å². The molecule has 0 heterocycles. The van der Waals surface area contributed by atoms with Gasteiger partial charge in [0, 0.05) is 0 Å². The molecule has 0 aliphatic heterocycles. The minimum atomic E-state index is 0.589. The third-order valence-electron chi connectivity index (χ3n) is 2.20. The Morgan fingerprint density at radius 1 is 0.941 bits per heavy atom. The fraction of sp³-hybridized carbons (Fsp3) is 0.0769. The molecule has 2 aromatic carbocycles. The van der Waals surface area contributed by atoms with Gasteiger partial charge in [-0.05, 0) is 46.9 Å². The van der Waals surface area contributed by atoms with Crippen molar-refractivity contribution in [1.82, 2.24) is 0 Å². The summed E-state index contributed by atoms with van der Waals surface area (Å²) in [6, 6.07) is 13.0. The van der Waals surface area contributed by atoms with E-state index in [4.69, 9.17) is 21.1 Å². The highest BCUT2D eigenvalue weighted by Crippen LogP contribution is 2.35. The van der Waals surface area contributed by atoms with Crippen LogP contribution < -0.4 is 9.47 Å². The summed E-state index contributed by atoms with van der Waals surface area (Å²) in [6.07, 6.45) is 0. The monoisotopic (exact) mass is 360 g/mol. The summed E-state index contributed by atoms with van der Waals surface area (Å²) in [7, 11) is 1.64. The summed E-state index contributed by atoms with van der Waals surface area (Å²) in [5.41, 5.74) is 0. The van der Waals surface area contributed by atoms with E-state index in [1.807, 2.05) is 36.4 Å². The molecular formula is C13H10ClIO2. The van der Waals surface area contributed by atoms with Crippen LogP contribution in [0.5, 0.6) is 17.2 Å². The molecule has 0 radical (unpaired) electrons. The lowest BCUT2D eigenvalue weighted by Gasteiger charge is -2.11. The van der Waals surface area contributed by atoms with Gasteiger partial charge in [-0.1, -0.05) is 29.8 Å². The first-order valence-electron chi connectivity index (χ1n) is 4.97. The Bertz CT molecular complexity index is 529. The van der Waals surface area contributed by atoms with Crippen LogP contribution in [0.4, 0.5) is 0 Å². The molecule has 4 heteroatoms. The van der Waals surface area contributed by atoms with Crippen LogP contribution >= 0.6 is 34.2 Å². The fourth-order valence-electron chi connectivity index (χ4n) is 1.37. The normalized spacial score (nSPS) is 10.1. The lowest BCUT2D eigenvalue weighted by molar-refractivity contribution is 0.404. The van der Waals surface area contributed by atoms with Gasteiger partial charge in [0.25, 0.3) is 0 Å². The first-order valence-corrected chi connectivity index (χ1v) is 6.43. The molecule has 0 saturated heterocycles. The average Bonchev–Trinajstić information content (AvgIpc) is 2.34. The van der Waals surface area contributed by atoms with E-state index in [1.54, 1.807) is 13.2 Å². The minimum absolute atomic E-state index is 0.589.